The van der Waals surface area contributed by atoms with E-state index in [1.54, 1.807) is 6.07 Å². The van der Waals surface area contributed by atoms with Gasteiger partial charge in [0, 0.05) is 11.6 Å². The van der Waals surface area contributed by atoms with Crippen LogP contribution in [0, 0.1) is 0 Å². The molecule has 0 fully saturated rings. The monoisotopic (exact) mass is 161 g/mol. The third-order valence-corrected chi connectivity index (χ3v) is 1.68. The van der Waals surface area contributed by atoms with E-state index in [1.807, 2.05) is 12.1 Å². The molecule has 0 atom stereocenters. The maximum atomic E-state index is 10.8. The number of H-pyrrole nitrogens is 1. The Kier molecular flexibility index (Phi) is 1.33. The lowest BCUT2D eigenvalue weighted by molar-refractivity contribution is 1.12. The number of nitrogens with zero attached hydrogens (tertiary/aromatic N) is 1. The largest absolute Gasteiger partial charge is 0.397 e. The van der Waals surface area contributed by atoms with Crippen LogP contribution in [0.2, 0.25) is 0 Å². The number of benzene rings is 1. The molecule has 1 heterocycles. The molecule has 3 N–H and O–H groups in total. The van der Waals surface area contributed by atoms with Gasteiger partial charge in [-0.05, 0) is 6.07 Å². The van der Waals surface area contributed by atoms with Crippen LogP contribution in [0.15, 0.2) is 29.2 Å². The van der Waals surface area contributed by atoms with E-state index >= 15 is 0 Å². The molecular formula is C8H7N3O. The maximum absolute atomic E-state index is 10.8. The number of fused-ring (bicyclic) bond motifs is 1. The summed E-state index contributed by atoms with van der Waals surface area (Å²) in [7, 11) is 0. The van der Waals surface area contributed by atoms with E-state index in [0.29, 0.717) is 11.2 Å². The minimum atomic E-state index is -0.375. The molecule has 1 aromatic carbocycles. The average Bonchev–Trinajstić information content (AvgIpc) is 2.07. The molecule has 2 rings (SSSR count). The molecule has 0 saturated heterocycles. The number of aromatic amines is 1. The Bertz CT molecular complexity index is 475. The van der Waals surface area contributed by atoms with Gasteiger partial charge in [0.2, 0.25) is 0 Å². The second-order valence-electron chi connectivity index (χ2n) is 2.50. The number of nitrogens with two attached hydrogens (primary N) is 1. The molecule has 0 aliphatic rings. The third kappa shape index (κ3) is 0.934. The smallest absolute Gasteiger partial charge is 0.345 e. The fourth-order valence-corrected chi connectivity index (χ4v) is 1.11. The lowest BCUT2D eigenvalue weighted by Crippen LogP contribution is -2.09. The Morgan fingerprint density at radius 2 is 2.25 bits per heavy atom. The van der Waals surface area contributed by atoms with Gasteiger partial charge < -0.3 is 10.7 Å². The Labute approximate surface area is 68.1 Å². The van der Waals surface area contributed by atoms with E-state index in [0.717, 1.165) is 5.39 Å². The predicted octanol–water partition coefficient (Wildman–Crippen LogP) is 0.505. The molecule has 0 saturated carbocycles. The second kappa shape index (κ2) is 2.34. The number of hydrogen-bond donors (Lipinski definition) is 2. The van der Waals surface area contributed by atoms with Gasteiger partial charge in [-0.3, -0.25) is 0 Å². The summed E-state index contributed by atoms with van der Waals surface area (Å²) in [5.41, 5.74) is 6.47. The van der Waals surface area contributed by atoms with E-state index in [9.17, 15) is 4.79 Å². The topological polar surface area (TPSA) is 71.8 Å². The van der Waals surface area contributed by atoms with E-state index in [-0.39, 0.29) is 5.69 Å². The number of anilines is 1. The summed E-state index contributed by atoms with van der Waals surface area (Å²) in [5, 5.41) is 0.842. The highest BCUT2D eigenvalue weighted by Crippen LogP contribution is 2.14. The quantitative estimate of drug-likeness (QED) is 0.553. The van der Waals surface area contributed by atoms with Crippen LogP contribution in [0.5, 0.6) is 0 Å². The summed E-state index contributed by atoms with van der Waals surface area (Å²) in [6, 6.07) is 5.39. The van der Waals surface area contributed by atoms with Crippen molar-refractivity contribution in [1.29, 1.82) is 0 Å². The zero-order valence-corrected chi connectivity index (χ0v) is 6.24. The van der Waals surface area contributed by atoms with E-state index in [1.165, 1.54) is 6.20 Å². The summed E-state index contributed by atoms with van der Waals surface area (Å²) in [4.78, 5) is 17.0. The summed E-state index contributed by atoms with van der Waals surface area (Å²) < 4.78 is 0. The van der Waals surface area contributed by atoms with Crippen molar-refractivity contribution >= 4 is 16.6 Å². The molecule has 0 radical (unpaired) electrons. The van der Waals surface area contributed by atoms with Crippen molar-refractivity contribution in [2.24, 2.45) is 0 Å². The highest BCUT2D eigenvalue weighted by molar-refractivity contribution is 5.88. The number of nitrogens with one attached hydrogen (secondary N) is 1. The van der Waals surface area contributed by atoms with Gasteiger partial charge in [-0.15, -0.1) is 0 Å². The van der Waals surface area contributed by atoms with Crippen molar-refractivity contribution in [2.45, 2.75) is 0 Å². The number of nitrogen functional groups attached to an aromatic ring is 1. The Hall–Kier alpha value is -1.84. The number of rotatable bonds is 0. The van der Waals surface area contributed by atoms with Crippen LogP contribution in [0.25, 0.3) is 10.9 Å². The first-order valence-corrected chi connectivity index (χ1v) is 3.51. The molecule has 60 valence electrons. The predicted molar refractivity (Wildman–Crippen MR) is 46.8 cm³/mol. The molecule has 12 heavy (non-hydrogen) atoms. The first-order chi connectivity index (χ1) is 5.77. The summed E-state index contributed by atoms with van der Waals surface area (Å²) in [5.74, 6) is 0. The van der Waals surface area contributed by atoms with Crippen LogP contribution in [-0.4, -0.2) is 9.97 Å². The van der Waals surface area contributed by atoms with Crippen LogP contribution in [0.3, 0.4) is 0 Å². The fraction of sp³-hybridized carbons (Fsp3) is 0. The van der Waals surface area contributed by atoms with Gasteiger partial charge in [-0.25, -0.2) is 9.78 Å². The number of para-hydroxylation sites is 1. The first-order valence-electron chi connectivity index (χ1n) is 3.51. The van der Waals surface area contributed by atoms with Crippen LogP contribution < -0.4 is 11.4 Å². The standard InChI is InChI=1S/C8H7N3O/c9-6-3-1-2-5-4-10-8(12)11-7(5)6/h1-4H,9H2,(H,10,11,12). The molecular weight excluding hydrogens is 154 g/mol. The van der Waals surface area contributed by atoms with Crippen LogP contribution >= 0.6 is 0 Å². The van der Waals surface area contributed by atoms with Crippen molar-refractivity contribution in [1.82, 2.24) is 9.97 Å². The lowest BCUT2D eigenvalue weighted by atomic mass is 10.2. The van der Waals surface area contributed by atoms with Crippen molar-refractivity contribution in [3.05, 3.63) is 34.9 Å². The molecule has 0 aliphatic heterocycles. The van der Waals surface area contributed by atoms with Gasteiger partial charge in [0.15, 0.2) is 0 Å². The second-order valence-corrected chi connectivity index (χ2v) is 2.50. The maximum Gasteiger partial charge on any atom is 0.345 e. The Morgan fingerprint density at radius 1 is 1.42 bits per heavy atom. The van der Waals surface area contributed by atoms with Crippen LogP contribution in [0.4, 0.5) is 5.69 Å². The van der Waals surface area contributed by atoms with Gasteiger partial charge in [0.1, 0.15) is 0 Å². The normalized spacial score (nSPS) is 10.3. The van der Waals surface area contributed by atoms with Crippen LogP contribution in [0.1, 0.15) is 0 Å². The van der Waals surface area contributed by atoms with Crippen molar-refractivity contribution < 1.29 is 0 Å². The molecule has 0 aliphatic carbocycles. The Balaban J connectivity index is 2.97. The van der Waals surface area contributed by atoms with Crippen LogP contribution in [-0.2, 0) is 0 Å². The van der Waals surface area contributed by atoms with Crippen molar-refractivity contribution in [2.75, 3.05) is 5.73 Å². The molecule has 0 bridgehead atoms. The average molecular weight is 161 g/mol. The summed E-state index contributed by atoms with van der Waals surface area (Å²) in [6.07, 6.45) is 1.50. The minimum Gasteiger partial charge on any atom is -0.397 e. The van der Waals surface area contributed by atoms with Gasteiger partial charge in [0.25, 0.3) is 0 Å². The zero-order chi connectivity index (χ0) is 8.55. The number of hydrogen-bond acceptors (Lipinski definition) is 3. The molecule has 0 spiro atoms. The van der Waals surface area contributed by atoms with Gasteiger partial charge in [-0.2, -0.15) is 0 Å². The Morgan fingerprint density at radius 3 is 3.08 bits per heavy atom. The number of aromatic nitrogens is 2. The van der Waals surface area contributed by atoms with E-state index in [2.05, 4.69) is 9.97 Å². The highest BCUT2D eigenvalue weighted by atomic mass is 16.1. The molecule has 2 aromatic rings. The fourth-order valence-electron chi connectivity index (χ4n) is 1.11. The van der Waals surface area contributed by atoms with E-state index < -0.39 is 0 Å². The molecule has 0 amide bonds. The lowest BCUT2D eigenvalue weighted by Gasteiger charge is -1.98. The van der Waals surface area contributed by atoms with Crippen molar-refractivity contribution in [3.63, 3.8) is 0 Å². The van der Waals surface area contributed by atoms with Gasteiger partial charge in [0.05, 0.1) is 11.2 Å². The molecule has 1 aromatic heterocycles. The third-order valence-electron chi connectivity index (χ3n) is 1.68. The van der Waals surface area contributed by atoms with Gasteiger partial charge >= 0.3 is 5.69 Å². The molecule has 0 unspecified atom stereocenters. The molecule has 4 nitrogen and oxygen atoms in total. The van der Waals surface area contributed by atoms with Gasteiger partial charge in [-0.1, -0.05) is 12.1 Å². The highest BCUT2D eigenvalue weighted by Gasteiger charge is 1.96. The van der Waals surface area contributed by atoms with Crippen molar-refractivity contribution in [3.8, 4) is 0 Å². The SMILES string of the molecule is Nc1cccc2cnc(=O)[nH]c12. The molecule has 4 heteroatoms. The summed E-state index contributed by atoms with van der Waals surface area (Å²) in [6.45, 7) is 0. The summed E-state index contributed by atoms with van der Waals surface area (Å²) >= 11 is 0. The van der Waals surface area contributed by atoms with E-state index in [4.69, 9.17) is 5.73 Å². The first kappa shape index (κ1) is 6.84. The minimum absolute atomic E-state index is 0.375. The zero-order valence-electron chi connectivity index (χ0n) is 6.24.